The van der Waals surface area contributed by atoms with Gasteiger partial charge in [-0.25, -0.2) is 5.32 Å². The highest BCUT2D eigenvalue weighted by molar-refractivity contribution is 7.99. The molecule has 1 heterocycles. The maximum Gasteiger partial charge on any atom is 0.0508 e. The molecule has 0 unspecified atom stereocenters. The Morgan fingerprint density at radius 3 is 2.48 bits per heavy atom. The molecule has 0 atom stereocenters. The van der Waals surface area contributed by atoms with E-state index in [1.54, 1.807) is 0 Å². The minimum Gasteiger partial charge on any atom is -0.368 e. The maximum atomic E-state index is 4.44. The first-order valence-electron chi connectivity index (χ1n) is 7.46. The van der Waals surface area contributed by atoms with Gasteiger partial charge < -0.3 is 4.90 Å². The molecule has 2 aromatic rings. The van der Waals surface area contributed by atoms with Crippen LogP contribution in [0.5, 0.6) is 0 Å². The summed E-state index contributed by atoms with van der Waals surface area (Å²) in [6, 6.07) is 15.4. The van der Waals surface area contributed by atoms with Crippen molar-refractivity contribution in [3.05, 3.63) is 53.6 Å². The Kier molecular flexibility index (Phi) is 4.51. The Morgan fingerprint density at radius 1 is 0.952 bits per heavy atom. The Bertz CT molecular complexity index is 618. The fraction of sp³-hybridized carbons (Fsp3) is 0.333. The van der Waals surface area contributed by atoms with E-state index in [9.17, 15) is 0 Å². The van der Waals surface area contributed by atoms with Crippen LogP contribution in [-0.2, 0) is 0 Å². The van der Waals surface area contributed by atoms with E-state index in [0.29, 0.717) is 0 Å². The van der Waals surface area contributed by atoms with Crippen LogP contribution < -0.4 is 10.2 Å². The molecule has 0 amide bonds. The Morgan fingerprint density at radius 2 is 1.71 bits per heavy atom. The number of hydrogen-bond acceptors (Lipinski definition) is 2. The second-order valence-corrected chi connectivity index (χ2v) is 6.58. The third kappa shape index (κ3) is 3.42. The molecule has 3 rings (SSSR count). The summed E-state index contributed by atoms with van der Waals surface area (Å²) in [6.45, 7) is 8.30. The largest absolute Gasteiger partial charge is 0.368 e. The molecule has 1 fully saturated rings. The van der Waals surface area contributed by atoms with Crippen molar-refractivity contribution in [2.75, 3.05) is 31.1 Å². The van der Waals surface area contributed by atoms with Gasteiger partial charge in [0, 0.05) is 36.0 Å². The Hall–Kier alpha value is -1.45. The Labute approximate surface area is 131 Å². The summed E-state index contributed by atoms with van der Waals surface area (Å²) in [5, 5.41) is 4.44. The lowest BCUT2D eigenvalue weighted by atomic mass is 10.2. The van der Waals surface area contributed by atoms with E-state index < -0.39 is 0 Å². The van der Waals surface area contributed by atoms with Crippen LogP contribution in [0.3, 0.4) is 0 Å². The molecule has 3 heteroatoms. The molecule has 1 radical (unpaired) electrons. The zero-order valence-electron chi connectivity index (χ0n) is 12.7. The lowest BCUT2D eigenvalue weighted by molar-refractivity contribution is 0.577. The normalized spacial score (nSPS) is 15.2. The summed E-state index contributed by atoms with van der Waals surface area (Å²) < 4.78 is 0. The molecule has 0 spiro atoms. The maximum absolute atomic E-state index is 4.44. The third-order valence-corrected chi connectivity index (χ3v) is 5.06. The lowest BCUT2D eigenvalue weighted by Gasteiger charge is -2.30. The SMILES string of the molecule is Cc1ccc(Sc2ccccc2N2CC[N]CC2)c(C)c1. The number of benzene rings is 2. The van der Waals surface area contributed by atoms with E-state index in [-0.39, 0.29) is 0 Å². The molecule has 2 nitrogen and oxygen atoms in total. The standard InChI is InChI=1S/C18H21N2S/c1-14-7-8-17(15(2)13-14)21-18-6-4-3-5-16(18)20-11-9-19-10-12-20/h3-8,13H,9-12H2,1-2H3. The van der Waals surface area contributed by atoms with Gasteiger partial charge in [0.25, 0.3) is 0 Å². The minimum absolute atomic E-state index is 0.947. The van der Waals surface area contributed by atoms with Crippen molar-refractivity contribution in [3.8, 4) is 0 Å². The fourth-order valence-corrected chi connectivity index (χ4v) is 3.73. The van der Waals surface area contributed by atoms with Crippen molar-refractivity contribution in [1.82, 2.24) is 5.32 Å². The van der Waals surface area contributed by atoms with E-state index in [1.165, 1.54) is 26.6 Å². The zero-order valence-corrected chi connectivity index (χ0v) is 13.5. The summed E-state index contributed by atoms with van der Waals surface area (Å²) in [5.41, 5.74) is 4.02. The molecule has 0 aromatic heterocycles. The van der Waals surface area contributed by atoms with Gasteiger partial charge in [0.15, 0.2) is 0 Å². The summed E-state index contributed by atoms with van der Waals surface area (Å²) in [4.78, 5) is 5.14. The number of nitrogens with zero attached hydrogens (tertiary/aromatic N) is 2. The number of aryl methyl sites for hydroxylation is 2. The molecule has 1 saturated heterocycles. The minimum atomic E-state index is 0.947. The van der Waals surface area contributed by atoms with Crippen LogP contribution in [0.1, 0.15) is 11.1 Å². The second-order valence-electron chi connectivity index (χ2n) is 5.50. The number of rotatable bonds is 3. The van der Waals surface area contributed by atoms with E-state index in [0.717, 1.165) is 26.2 Å². The number of para-hydroxylation sites is 1. The molecular formula is C18H21N2S. The average Bonchev–Trinajstić information content (AvgIpc) is 2.51. The first kappa shape index (κ1) is 14.5. The van der Waals surface area contributed by atoms with Gasteiger partial charge in [0.05, 0.1) is 5.69 Å². The average molecular weight is 297 g/mol. The predicted octanol–water partition coefficient (Wildman–Crippen LogP) is 3.88. The highest BCUT2D eigenvalue weighted by Crippen LogP contribution is 2.37. The van der Waals surface area contributed by atoms with E-state index >= 15 is 0 Å². The smallest absolute Gasteiger partial charge is 0.0508 e. The molecule has 1 aliphatic heterocycles. The third-order valence-electron chi connectivity index (χ3n) is 3.81. The first-order valence-corrected chi connectivity index (χ1v) is 8.28. The molecule has 0 saturated carbocycles. The number of hydrogen-bond donors (Lipinski definition) is 0. The van der Waals surface area contributed by atoms with E-state index in [4.69, 9.17) is 0 Å². The quantitative estimate of drug-likeness (QED) is 0.855. The van der Waals surface area contributed by atoms with Crippen molar-refractivity contribution in [1.29, 1.82) is 0 Å². The predicted molar refractivity (Wildman–Crippen MR) is 90.6 cm³/mol. The monoisotopic (exact) mass is 297 g/mol. The topological polar surface area (TPSA) is 17.3 Å². The summed E-state index contributed by atoms with van der Waals surface area (Å²) in [6.07, 6.45) is 0. The zero-order chi connectivity index (χ0) is 14.7. The van der Waals surface area contributed by atoms with E-state index in [1.807, 2.05) is 11.8 Å². The van der Waals surface area contributed by atoms with Crippen LogP contribution in [0.2, 0.25) is 0 Å². The molecule has 0 aliphatic carbocycles. The van der Waals surface area contributed by atoms with Crippen LogP contribution in [0.4, 0.5) is 5.69 Å². The molecule has 1 aliphatic rings. The van der Waals surface area contributed by atoms with Gasteiger partial charge in [-0.1, -0.05) is 41.6 Å². The van der Waals surface area contributed by atoms with Gasteiger partial charge in [-0.2, -0.15) is 0 Å². The van der Waals surface area contributed by atoms with Crippen molar-refractivity contribution < 1.29 is 0 Å². The van der Waals surface area contributed by atoms with Crippen molar-refractivity contribution >= 4 is 17.4 Å². The molecule has 0 N–H and O–H groups in total. The number of anilines is 1. The van der Waals surface area contributed by atoms with Gasteiger partial charge in [-0.3, -0.25) is 0 Å². The molecular weight excluding hydrogens is 276 g/mol. The lowest BCUT2D eigenvalue weighted by Crippen LogP contribution is -2.40. The highest BCUT2D eigenvalue weighted by Gasteiger charge is 2.15. The molecule has 2 aromatic carbocycles. The summed E-state index contributed by atoms with van der Waals surface area (Å²) in [7, 11) is 0. The van der Waals surface area contributed by atoms with Gasteiger partial charge in [0.2, 0.25) is 0 Å². The molecule has 21 heavy (non-hydrogen) atoms. The van der Waals surface area contributed by atoms with E-state index in [2.05, 4.69) is 66.5 Å². The molecule has 109 valence electrons. The first-order chi connectivity index (χ1) is 10.2. The second kappa shape index (κ2) is 6.54. The van der Waals surface area contributed by atoms with Gasteiger partial charge >= 0.3 is 0 Å². The fourth-order valence-electron chi connectivity index (χ4n) is 2.68. The van der Waals surface area contributed by atoms with Crippen LogP contribution in [0, 0.1) is 13.8 Å². The molecule has 0 bridgehead atoms. The van der Waals surface area contributed by atoms with Gasteiger partial charge in [0.1, 0.15) is 0 Å². The van der Waals surface area contributed by atoms with Crippen molar-refractivity contribution in [2.45, 2.75) is 23.6 Å². The van der Waals surface area contributed by atoms with Gasteiger partial charge in [-0.15, -0.1) is 0 Å². The van der Waals surface area contributed by atoms with Crippen LogP contribution in [0.25, 0.3) is 0 Å². The van der Waals surface area contributed by atoms with Crippen LogP contribution in [-0.4, -0.2) is 26.2 Å². The van der Waals surface area contributed by atoms with Crippen molar-refractivity contribution in [2.24, 2.45) is 0 Å². The Balaban J connectivity index is 1.88. The summed E-state index contributed by atoms with van der Waals surface area (Å²) >= 11 is 1.87. The highest BCUT2D eigenvalue weighted by atomic mass is 32.2. The summed E-state index contributed by atoms with van der Waals surface area (Å²) in [5.74, 6) is 0. The van der Waals surface area contributed by atoms with Crippen LogP contribution >= 0.6 is 11.8 Å². The number of piperazine rings is 1. The van der Waals surface area contributed by atoms with Crippen molar-refractivity contribution in [3.63, 3.8) is 0 Å². The van der Waals surface area contributed by atoms with Crippen LogP contribution in [0.15, 0.2) is 52.3 Å². The van der Waals surface area contributed by atoms with Gasteiger partial charge in [-0.05, 0) is 37.6 Å².